The van der Waals surface area contributed by atoms with Crippen LogP contribution < -0.4 is 26.4 Å². The zero-order valence-electron chi connectivity index (χ0n) is 36.0. The van der Waals surface area contributed by atoms with Crippen LogP contribution in [0.3, 0.4) is 0 Å². The second-order valence-corrected chi connectivity index (χ2v) is 16.0. The number of halogens is 24. The van der Waals surface area contributed by atoms with Crippen molar-refractivity contribution in [3.05, 3.63) is 183 Å². The lowest BCUT2D eigenvalue weighted by atomic mass is 9.12. The minimum atomic E-state index is -6.13. The van der Waals surface area contributed by atoms with E-state index in [1.807, 2.05) is 47.2 Å². The van der Waals surface area contributed by atoms with Crippen LogP contribution in [-0.2, 0) is 56.0 Å². The molecule has 0 aliphatic heterocycles. The zero-order chi connectivity index (χ0) is 56.0. The maximum atomic E-state index is 14.2. The zero-order valence-corrected chi connectivity index (χ0v) is 36.0. The molecule has 6 aromatic rings. The van der Waals surface area contributed by atoms with Gasteiger partial charge in [-0.2, -0.15) is 132 Å². The number of ketones is 1. The van der Waals surface area contributed by atoms with E-state index >= 15 is 0 Å². The monoisotopic (exact) mass is 1090 g/mol. The van der Waals surface area contributed by atoms with Gasteiger partial charge in [0.2, 0.25) is 0 Å². The first-order chi connectivity index (χ1) is 33.6. The van der Waals surface area contributed by atoms with Crippen molar-refractivity contribution >= 4 is 33.8 Å². The fourth-order valence-corrected chi connectivity index (χ4v) is 7.80. The Morgan fingerprint density at radius 1 is 0.365 bits per heavy atom. The van der Waals surface area contributed by atoms with Crippen molar-refractivity contribution < 1.29 is 120 Å². The molecular formula is C46H26BF24NO2. The second-order valence-electron chi connectivity index (χ2n) is 16.0. The lowest BCUT2D eigenvalue weighted by Crippen LogP contribution is -2.75. The van der Waals surface area contributed by atoms with Crippen LogP contribution in [0.1, 0.15) is 60.6 Å². The van der Waals surface area contributed by atoms with E-state index in [0.29, 0.717) is 12.2 Å². The van der Waals surface area contributed by atoms with Crippen LogP contribution in [0.5, 0.6) is 0 Å². The number of aromatic nitrogens is 1. The number of hydrogen-bond donors (Lipinski definition) is 1. The molecule has 28 heteroatoms. The highest BCUT2D eigenvalue weighted by Crippen LogP contribution is 2.41. The molecular weight excluding hydrogens is 1070 g/mol. The minimum absolute atomic E-state index is 0.262. The van der Waals surface area contributed by atoms with E-state index in [1.165, 1.54) is 0 Å². The number of carbonyl (C=O) groups is 1. The predicted octanol–water partition coefficient (Wildman–Crippen LogP) is 12.4. The molecule has 74 heavy (non-hydrogen) atoms. The van der Waals surface area contributed by atoms with Gasteiger partial charge in [0.25, 0.3) is 11.5 Å². The Bertz CT molecular complexity index is 2540. The summed E-state index contributed by atoms with van der Waals surface area (Å²) in [7, 11) is 0. The third-order valence-corrected chi connectivity index (χ3v) is 11.0. The lowest BCUT2D eigenvalue weighted by Gasteiger charge is -2.46. The number of carbonyl (C=O) groups excluding carboxylic acids is 1. The number of rotatable bonds is 8. The normalized spacial score (nSPS) is 13.4. The van der Waals surface area contributed by atoms with E-state index in [1.54, 1.807) is 12.1 Å². The van der Waals surface area contributed by atoms with Crippen LogP contribution in [0.2, 0.25) is 0 Å². The maximum absolute atomic E-state index is 14.2. The minimum Gasteiger partial charge on any atom is -0.388 e. The molecule has 0 bridgehead atoms. The molecule has 1 N–H and O–H groups in total. The molecule has 0 unspecified atom stereocenters. The molecule has 0 amide bonds. The highest BCUT2D eigenvalue weighted by Gasteiger charge is 2.47. The topological polar surface area (TPSA) is 41.2 Å². The lowest BCUT2D eigenvalue weighted by molar-refractivity contribution is -0.690. The van der Waals surface area contributed by atoms with Crippen LogP contribution >= 0.6 is 0 Å². The van der Waals surface area contributed by atoms with E-state index in [4.69, 9.17) is 5.11 Å². The molecule has 0 aliphatic rings. The third-order valence-electron chi connectivity index (χ3n) is 11.0. The Kier molecular flexibility index (Phi) is 15.9. The summed E-state index contributed by atoms with van der Waals surface area (Å²) in [4.78, 5) is 11.6. The predicted molar refractivity (Wildman–Crippen MR) is 214 cm³/mol. The number of aliphatic hydroxyl groups is 1. The molecule has 0 saturated carbocycles. The molecule has 0 spiro atoms. The van der Waals surface area contributed by atoms with Gasteiger partial charge in [0.15, 0.2) is 12.7 Å². The molecule has 0 aliphatic carbocycles. The largest absolute Gasteiger partial charge is 0.416 e. The molecule has 0 fully saturated rings. The first kappa shape index (κ1) is 58.2. The van der Waals surface area contributed by atoms with Crippen LogP contribution in [0.4, 0.5) is 105 Å². The molecule has 398 valence electrons. The number of pyridine rings is 1. The van der Waals surface area contributed by atoms with Crippen molar-refractivity contribution in [1.29, 1.82) is 0 Å². The number of nitrogens with zero attached hydrogens (tertiary/aromatic N) is 1. The Balaban J connectivity index is 0.000000500. The molecule has 3 nitrogen and oxygen atoms in total. The first-order valence-corrected chi connectivity index (χ1v) is 20.1. The Hall–Kier alpha value is -6.74. The summed E-state index contributed by atoms with van der Waals surface area (Å²) in [6.45, 7) is 0.168. The third kappa shape index (κ3) is 13.3. The van der Waals surface area contributed by atoms with Gasteiger partial charge >= 0.3 is 49.4 Å². The summed E-state index contributed by atoms with van der Waals surface area (Å²) in [5.74, 6) is -0.262. The van der Waals surface area contributed by atoms with Gasteiger partial charge in [-0.05, 0) is 30.3 Å². The van der Waals surface area contributed by atoms with Crippen molar-refractivity contribution in [2.45, 2.75) is 56.0 Å². The van der Waals surface area contributed by atoms with Crippen LogP contribution in [0.15, 0.2) is 128 Å². The van der Waals surface area contributed by atoms with Crippen molar-refractivity contribution in [3.8, 4) is 0 Å². The van der Waals surface area contributed by atoms with E-state index in [0.717, 1.165) is 5.56 Å². The Morgan fingerprint density at radius 2 is 0.608 bits per heavy atom. The molecule has 0 atom stereocenters. The van der Waals surface area contributed by atoms with Gasteiger partial charge in [-0.1, -0.05) is 78.9 Å². The van der Waals surface area contributed by atoms with Crippen LogP contribution in [0, 0.1) is 0 Å². The molecule has 1 aromatic heterocycles. The van der Waals surface area contributed by atoms with Gasteiger partial charge in [0, 0.05) is 17.7 Å². The van der Waals surface area contributed by atoms with Gasteiger partial charge in [0.1, 0.15) is 12.8 Å². The fraction of sp³-hybridized carbons (Fsp3) is 0.217. The summed E-state index contributed by atoms with van der Waals surface area (Å²) < 4.78 is 343. The van der Waals surface area contributed by atoms with Gasteiger partial charge in [-0.15, -0.1) is 0 Å². The summed E-state index contributed by atoms with van der Waals surface area (Å²) in [5.41, 5.74) is -28.6. The van der Waals surface area contributed by atoms with Gasteiger partial charge < -0.3 is 5.11 Å². The molecule has 6 rings (SSSR count). The molecule has 0 radical (unpaired) electrons. The van der Waals surface area contributed by atoms with Crippen molar-refractivity contribution in [2.24, 2.45) is 0 Å². The highest BCUT2D eigenvalue weighted by molar-refractivity contribution is 7.20. The van der Waals surface area contributed by atoms with E-state index in [9.17, 15) is 110 Å². The number of hydrogen-bond acceptors (Lipinski definition) is 2. The molecule has 1 heterocycles. The molecule has 0 saturated heterocycles. The number of benzene rings is 5. The molecule has 5 aromatic carbocycles. The van der Waals surface area contributed by atoms with Crippen molar-refractivity contribution in [3.63, 3.8) is 0 Å². The van der Waals surface area contributed by atoms with Crippen LogP contribution in [0.25, 0.3) is 0 Å². The van der Waals surface area contributed by atoms with Crippen molar-refractivity contribution in [2.75, 3.05) is 6.61 Å². The SMILES string of the molecule is FC(F)(F)c1cc([B-](c2cc(C(F)(F)F)cc(C(F)(F)F)c2)(c2cc(C(F)(F)F)cc(C(F)(F)F)c2)c2cc(C(F)(F)F)cc(C(F)(F)F)c2)cc(C(F)(F)F)c1.O=C(CO)c1cccc[n+]1Cc1ccccc1. The second kappa shape index (κ2) is 20.2. The van der Waals surface area contributed by atoms with Gasteiger partial charge in [-0.25, -0.2) is 0 Å². The number of Topliss-reactive ketones (excluding diaryl/α,β-unsaturated/α-hetero) is 1. The van der Waals surface area contributed by atoms with Gasteiger partial charge in [0.05, 0.1) is 44.5 Å². The first-order valence-electron chi connectivity index (χ1n) is 20.1. The van der Waals surface area contributed by atoms with E-state index < -0.39 is 201 Å². The number of aliphatic hydroxyl groups excluding tert-OH is 1. The maximum Gasteiger partial charge on any atom is 0.416 e. The summed E-state index contributed by atoms with van der Waals surface area (Å²) in [6, 6.07) is 6.48. The highest BCUT2D eigenvalue weighted by atomic mass is 19.4. The summed E-state index contributed by atoms with van der Waals surface area (Å²) >= 11 is 0. The fourth-order valence-electron chi connectivity index (χ4n) is 7.80. The number of alkyl halides is 24. The Morgan fingerprint density at radius 3 is 0.838 bits per heavy atom. The van der Waals surface area contributed by atoms with E-state index in [2.05, 4.69) is 0 Å². The standard InChI is InChI=1S/C32H12BF24.C14H14NO2/c34-25(35,36)13-1-14(26(37,38)39)6-21(5-13)33(22-7-15(27(40,41)42)2-16(8-22)28(43,44)45,23-9-17(29(46,47)48)3-18(10-23)30(49,50)51)24-11-19(31(52,53)54)4-20(12-24)32(55,56)57;16-11-14(17)13-8-4-5-9-15(13)10-12-6-2-1-3-7-12/h1-12H;1-9,16H,10-11H2/q-1;+1. The van der Waals surface area contributed by atoms with Crippen LogP contribution in [-0.4, -0.2) is 23.6 Å². The average Bonchev–Trinajstić information content (AvgIpc) is 3.27. The van der Waals surface area contributed by atoms with Gasteiger partial charge in [-0.3, -0.25) is 4.79 Å². The quantitative estimate of drug-likeness (QED) is 0.0714. The summed E-state index contributed by atoms with van der Waals surface area (Å²) in [6.07, 6.45) is -53.0. The van der Waals surface area contributed by atoms with Crippen molar-refractivity contribution in [1.82, 2.24) is 0 Å². The Labute approximate surface area is 399 Å². The summed E-state index contributed by atoms with van der Waals surface area (Å²) in [5, 5.41) is 8.92. The smallest absolute Gasteiger partial charge is 0.388 e. The van der Waals surface area contributed by atoms with E-state index in [-0.39, 0.29) is 5.78 Å². The average molecular weight is 1090 g/mol.